The third kappa shape index (κ3) is 6.05. The van der Waals surface area contributed by atoms with E-state index in [1.807, 2.05) is 12.1 Å². The van der Waals surface area contributed by atoms with Crippen molar-refractivity contribution in [1.82, 2.24) is 4.57 Å². The summed E-state index contributed by atoms with van der Waals surface area (Å²) in [5.41, 5.74) is 16.1. The number of furan rings is 1. The molecular formula is C59H40N2O. The van der Waals surface area contributed by atoms with E-state index >= 15 is 0 Å². The predicted octanol–water partition coefficient (Wildman–Crippen LogP) is 16.2. The van der Waals surface area contributed by atoms with Crippen molar-refractivity contribution in [3.8, 4) is 39.1 Å². The van der Waals surface area contributed by atoms with Crippen LogP contribution >= 0.6 is 0 Å². The van der Waals surface area contributed by atoms with Crippen LogP contribution in [0.15, 0.2) is 235 Å². The summed E-state index contributed by atoms with van der Waals surface area (Å²) < 4.78 is 8.69. The molecule has 0 saturated heterocycles. The first-order chi connectivity index (χ1) is 30.7. The van der Waals surface area contributed by atoms with Gasteiger partial charge in [-0.05, 0) is 110 Å². The van der Waals surface area contributed by atoms with Gasteiger partial charge in [0, 0.05) is 45.2 Å². The Morgan fingerprint density at radius 2 is 0.984 bits per heavy atom. The summed E-state index contributed by atoms with van der Waals surface area (Å²) in [4.78, 5) is 2.43. The lowest BCUT2D eigenvalue weighted by Gasteiger charge is -2.27. The molecule has 3 heteroatoms. The van der Waals surface area contributed by atoms with Gasteiger partial charge in [-0.15, -0.1) is 0 Å². The lowest BCUT2D eigenvalue weighted by Crippen LogP contribution is -2.17. The average molecular weight is 793 g/mol. The highest BCUT2D eigenvalue weighted by atomic mass is 16.3. The normalized spacial score (nSPS) is 11.6. The molecule has 12 rings (SSSR count). The van der Waals surface area contributed by atoms with Crippen LogP contribution in [-0.2, 0) is 6.54 Å². The number of hydrogen-bond acceptors (Lipinski definition) is 2. The molecule has 0 aliphatic heterocycles. The van der Waals surface area contributed by atoms with Crippen LogP contribution in [0.2, 0.25) is 0 Å². The maximum atomic E-state index is 6.26. The number of benzene rings is 10. The molecule has 0 fully saturated rings. The summed E-state index contributed by atoms with van der Waals surface area (Å²) in [6, 6.07) is 83.2. The van der Waals surface area contributed by atoms with Crippen molar-refractivity contribution in [2.75, 3.05) is 4.90 Å². The Kier molecular flexibility index (Phi) is 8.57. The van der Waals surface area contributed by atoms with Crippen LogP contribution in [0.3, 0.4) is 0 Å². The quantitative estimate of drug-likeness (QED) is 0.153. The number of hydrogen-bond donors (Lipinski definition) is 0. The molecule has 0 unspecified atom stereocenters. The predicted molar refractivity (Wildman–Crippen MR) is 261 cm³/mol. The zero-order valence-electron chi connectivity index (χ0n) is 33.9. The molecule has 292 valence electrons. The summed E-state index contributed by atoms with van der Waals surface area (Å²) in [5.74, 6) is 0. The minimum absolute atomic E-state index is 0.674. The molecule has 3 nitrogen and oxygen atoms in total. The highest BCUT2D eigenvalue weighted by Crippen LogP contribution is 2.42. The molecule has 2 heterocycles. The summed E-state index contributed by atoms with van der Waals surface area (Å²) in [5, 5.41) is 7.30. The van der Waals surface area contributed by atoms with Crippen LogP contribution in [0.25, 0.3) is 93.6 Å². The molecule has 0 aliphatic rings. The third-order valence-corrected chi connectivity index (χ3v) is 12.5. The van der Waals surface area contributed by atoms with Crippen LogP contribution < -0.4 is 4.90 Å². The van der Waals surface area contributed by atoms with Crippen LogP contribution in [0.4, 0.5) is 11.4 Å². The third-order valence-electron chi connectivity index (χ3n) is 12.5. The van der Waals surface area contributed by atoms with E-state index in [2.05, 4.69) is 228 Å². The van der Waals surface area contributed by atoms with E-state index in [9.17, 15) is 0 Å². The van der Waals surface area contributed by atoms with Gasteiger partial charge < -0.3 is 13.9 Å². The van der Waals surface area contributed by atoms with E-state index in [1.54, 1.807) is 0 Å². The molecule has 0 radical (unpaired) electrons. The van der Waals surface area contributed by atoms with Crippen LogP contribution in [0, 0.1) is 0 Å². The Labute approximate surface area is 360 Å². The van der Waals surface area contributed by atoms with Crippen molar-refractivity contribution in [2.45, 2.75) is 6.54 Å². The van der Waals surface area contributed by atoms with Crippen LogP contribution in [-0.4, -0.2) is 4.57 Å². The fraction of sp³-hybridized carbons (Fsp3) is 0.0169. The number of fused-ring (bicyclic) bond motifs is 8. The maximum Gasteiger partial charge on any atom is 0.135 e. The zero-order chi connectivity index (χ0) is 41.0. The second-order valence-electron chi connectivity index (χ2n) is 16.1. The van der Waals surface area contributed by atoms with E-state index in [0.717, 1.165) is 39.0 Å². The molecule has 0 saturated carbocycles. The van der Waals surface area contributed by atoms with Gasteiger partial charge in [-0.1, -0.05) is 170 Å². The summed E-state index contributed by atoms with van der Waals surface area (Å²) >= 11 is 0. The Balaban J connectivity index is 0.953. The molecule has 10 aromatic carbocycles. The maximum absolute atomic E-state index is 6.26. The minimum atomic E-state index is 0.674. The van der Waals surface area contributed by atoms with Gasteiger partial charge in [0.25, 0.3) is 0 Å². The summed E-state index contributed by atoms with van der Waals surface area (Å²) in [6.45, 7) is 0.674. The molecule has 0 atom stereocenters. The first-order valence-corrected chi connectivity index (χ1v) is 21.3. The Hall–Kier alpha value is -8.14. The van der Waals surface area contributed by atoms with Gasteiger partial charge in [0.2, 0.25) is 0 Å². The van der Waals surface area contributed by atoms with Crippen molar-refractivity contribution in [3.05, 3.63) is 236 Å². The molecule has 2 aromatic heterocycles. The Morgan fingerprint density at radius 1 is 0.371 bits per heavy atom. The van der Waals surface area contributed by atoms with E-state index in [-0.39, 0.29) is 0 Å². The van der Waals surface area contributed by atoms with Gasteiger partial charge in [0.1, 0.15) is 11.2 Å². The molecule has 62 heavy (non-hydrogen) atoms. The first kappa shape index (κ1) is 35.8. The van der Waals surface area contributed by atoms with Gasteiger partial charge in [0.15, 0.2) is 0 Å². The Bertz CT molecular complexity index is 3580. The van der Waals surface area contributed by atoms with Crippen LogP contribution in [0.1, 0.15) is 5.56 Å². The minimum Gasteiger partial charge on any atom is -0.456 e. The SMILES string of the molecule is c1ccc(-c2ccc(N(Cc3ccccc3-c3ccc(-n4c5ccccc5c5c6c(-c7ccccc7)cccc6ccc54)cc3)c3ccc4oc5ccccc5c4c3)cc2)cc1. The number of nitrogens with zero attached hydrogens (tertiary/aromatic N) is 2. The number of rotatable bonds is 8. The van der Waals surface area contributed by atoms with Gasteiger partial charge in [-0.3, -0.25) is 0 Å². The monoisotopic (exact) mass is 792 g/mol. The smallest absolute Gasteiger partial charge is 0.135 e. The fourth-order valence-electron chi connectivity index (χ4n) is 9.55. The topological polar surface area (TPSA) is 21.3 Å². The zero-order valence-corrected chi connectivity index (χ0v) is 33.9. The standard InChI is InChI=1S/C59H40N2O/c1-3-14-40(15-4-1)41-26-31-46(32-27-41)60(48-35-37-57-53(38-48)51-21-10-12-25-56(51)62-57)39-45-18-7-8-20-49(45)43-28-33-47(34-29-43)61-54-24-11-9-22-52(54)59-55(61)36-30-44-19-13-23-50(58(44)59)42-16-5-2-6-17-42/h1-38H,39H2. The Morgan fingerprint density at radius 3 is 1.81 bits per heavy atom. The van der Waals surface area contributed by atoms with Gasteiger partial charge in [-0.2, -0.15) is 0 Å². The van der Waals surface area contributed by atoms with E-state index in [0.29, 0.717) is 6.54 Å². The number of anilines is 2. The van der Waals surface area contributed by atoms with Crippen molar-refractivity contribution in [3.63, 3.8) is 0 Å². The van der Waals surface area contributed by atoms with E-state index in [1.165, 1.54) is 71.5 Å². The molecule has 12 aromatic rings. The van der Waals surface area contributed by atoms with Crippen molar-refractivity contribution < 1.29 is 4.42 Å². The van der Waals surface area contributed by atoms with Crippen molar-refractivity contribution in [1.29, 1.82) is 0 Å². The van der Waals surface area contributed by atoms with Crippen molar-refractivity contribution >= 4 is 65.9 Å². The molecule has 0 N–H and O–H groups in total. The molecular weight excluding hydrogens is 753 g/mol. The molecule has 0 bridgehead atoms. The summed E-state index contributed by atoms with van der Waals surface area (Å²) in [7, 11) is 0. The van der Waals surface area contributed by atoms with Gasteiger partial charge in [0.05, 0.1) is 11.0 Å². The highest BCUT2D eigenvalue weighted by molar-refractivity contribution is 6.25. The highest BCUT2D eigenvalue weighted by Gasteiger charge is 2.19. The summed E-state index contributed by atoms with van der Waals surface area (Å²) in [6.07, 6.45) is 0. The van der Waals surface area contributed by atoms with Crippen LogP contribution in [0.5, 0.6) is 0 Å². The van der Waals surface area contributed by atoms with E-state index < -0.39 is 0 Å². The fourth-order valence-corrected chi connectivity index (χ4v) is 9.55. The second kappa shape index (κ2) is 14.8. The first-order valence-electron chi connectivity index (χ1n) is 21.3. The number of aromatic nitrogens is 1. The second-order valence-corrected chi connectivity index (χ2v) is 16.1. The van der Waals surface area contributed by atoms with Crippen molar-refractivity contribution in [2.24, 2.45) is 0 Å². The average Bonchev–Trinajstić information content (AvgIpc) is 3.89. The largest absolute Gasteiger partial charge is 0.456 e. The lowest BCUT2D eigenvalue weighted by atomic mass is 9.94. The molecule has 0 spiro atoms. The lowest BCUT2D eigenvalue weighted by molar-refractivity contribution is 0.669. The molecule has 0 aliphatic carbocycles. The van der Waals surface area contributed by atoms with E-state index in [4.69, 9.17) is 4.42 Å². The van der Waals surface area contributed by atoms with Gasteiger partial charge >= 0.3 is 0 Å². The molecule has 0 amide bonds. The number of para-hydroxylation sites is 2. The van der Waals surface area contributed by atoms with Gasteiger partial charge in [-0.25, -0.2) is 0 Å².